The molecule has 0 amide bonds. The van der Waals surface area contributed by atoms with Crippen LogP contribution in [0.4, 0.5) is 5.69 Å². The Morgan fingerprint density at radius 1 is 1.35 bits per heavy atom. The van der Waals surface area contributed by atoms with Crippen molar-refractivity contribution in [2.75, 3.05) is 11.9 Å². The number of aromatic nitrogens is 3. The fraction of sp³-hybridized carbons (Fsp3) is 0.273. The van der Waals surface area contributed by atoms with E-state index in [0.29, 0.717) is 18.1 Å². The van der Waals surface area contributed by atoms with Crippen LogP contribution in [-0.4, -0.2) is 26.7 Å². The number of benzene rings is 1. The third kappa shape index (κ3) is 3.18. The smallest absolute Gasteiger partial charge is 0.102 e. The van der Waals surface area contributed by atoms with E-state index in [-0.39, 0.29) is 6.61 Å². The standard InChI is InChI=1S/C11H13ClN4O/c12-10-3-1-2-4-11(10)13-7-9-8-16(5-6-17)15-14-9/h1-4,8,13,17H,5-7H2. The highest BCUT2D eigenvalue weighted by molar-refractivity contribution is 6.33. The minimum atomic E-state index is 0.0563. The molecular weight excluding hydrogens is 240 g/mol. The van der Waals surface area contributed by atoms with E-state index < -0.39 is 0 Å². The number of nitrogens with zero attached hydrogens (tertiary/aromatic N) is 3. The van der Waals surface area contributed by atoms with Crippen molar-refractivity contribution in [1.82, 2.24) is 15.0 Å². The first kappa shape index (κ1) is 11.9. The molecule has 0 saturated heterocycles. The van der Waals surface area contributed by atoms with E-state index in [0.717, 1.165) is 11.4 Å². The summed E-state index contributed by atoms with van der Waals surface area (Å²) >= 11 is 6.01. The maximum atomic E-state index is 8.75. The van der Waals surface area contributed by atoms with E-state index in [4.69, 9.17) is 16.7 Å². The highest BCUT2D eigenvalue weighted by atomic mass is 35.5. The van der Waals surface area contributed by atoms with Gasteiger partial charge in [0.25, 0.3) is 0 Å². The van der Waals surface area contributed by atoms with Crippen molar-refractivity contribution >= 4 is 17.3 Å². The van der Waals surface area contributed by atoms with Gasteiger partial charge in [0.15, 0.2) is 0 Å². The normalized spacial score (nSPS) is 10.5. The highest BCUT2D eigenvalue weighted by Crippen LogP contribution is 2.20. The molecule has 2 aromatic rings. The van der Waals surface area contributed by atoms with E-state index in [1.165, 1.54) is 0 Å². The minimum Gasteiger partial charge on any atom is -0.394 e. The van der Waals surface area contributed by atoms with Gasteiger partial charge in [0, 0.05) is 0 Å². The number of aliphatic hydroxyl groups excluding tert-OH is 1. The summed E-state index contributed by atoms with van der Waals surface area (Å²) in [5.41, 5.74) is 1.67. The highest BCUT2D eigenvalue weighted by Gasteiger charge is 2.02. The summed E-state index contributed by atoms with van der Waals surface area (Å²) in [6.07, 6.45) is 1.79. The Bertz CT molecular complexity index is 486. The summed E-state index contributed by atoms with van der Waals surface area (Å²) in [5.74, 6) is 0. The number of anilines is 1. The number of rotatable bonds is 5. The number of halogens is 1. The van der Waals surface area contributed by atoms with E-state index in [2.05, 4.69) is 15.6 Å². The first-order valence-corrected chi connectivity index (χ1v) is 5.65. The molecule has 0 aliphatic carbocycles. The quantitative estimate of drug-likeness (QED) is 0.847. The Kier molecular flexibility index (Phi) is 3.95. The maximum Gasteiger partial charge on any atom is 0.102 e. The Morgan fingerprint density at radius 3 is 2.94 bits per heavy atom. The predicted octanol–water partition coefficient (Wildman–Crippen LogP) is 1.54. The van der Waals surface area contributed by atoms with Gasteiger partial charge in [-0.25, -0.2) is 4.68 Å². The molecule has 0 aliphatic heterocycles. The maximum absolute atomic E-state index is 8.75. The average molecular weight is 253 g/mol. The van der Waals surface area contributed by atoms with Crippen molar-refractivity contribution in [3.63, 3.8) is 0 Å². The zero-order valence-corrected chi connectivity index (χ0v) is 9.93. The molecule has 90 valence electrons. The van der Waals surface area contributed by atoms with Crippen molar-refractivity contribution in [2.24, 2.45) is 0 Å². The predicted molar refractivity (Wildman–Crippen MR) is 65.9 cm³/mol. The Labute approximate surface area is 104 Å². The van der Waals surface area contributed by atoms with Gasteiger partial charge in [-0.3, -0.25) is 0 Å². The van der Waals surface area contributed by atoms with Crippen molar-refractivity contribution in [1.29, 1.82) is 0 Å². The molecule has 2 N–H and O–H groups in total. The lowest BCUT2D eigenvalue weighted by molar-refractivity contribution is 0.268. The number of hydrogen-bond acceptors (Lipinski definition) is 4. The molecule has 0 saturated carbocycles. The lowest BCUT2D eigenvalue weighted by atomic mass is 10.3. The monoisotopic (exact) mass is 252 g/mol. The fourth-order valence-corrected chi connectivity index (χ4v) is 1.62. The molecule has 0 spiro atoms. The van der Waals surface area contributed by atoms with Gasteiger partial charge < -0.3 is 10.4 Å². The van der Waals surface area contributed by atoms with Crippen LogP contribution in [0.5, 0.6) is 0 Å². The molecular formula is C11H13ClN4O. The number of para-hydroxylation sites is 1. The van der Waals surface area contributed by atoms with Crippen LogP contribution >= 0.6 is 11.6 Å². The molecule has 1 aromatic carbocycles. The van der Waals surface area contributed by atoms with Gasteiger partial charge in [0.2, 0.25) is 0 Å². The first-order chi connectivity index (χ1) is 8.29. The minimum absolute atomic E-state index is 0.0563. The molecule has 0 bridgehead atoms. The van der Waals surface area contributed by atoms with Crippen LogP contribution in [0, 0.1) is 0 Å². The second-order valence-electron chi connectivity index (χ2n) is 3.53. The van der Waals surface area contributed by atoms with E-state index in [1.807, 2.05) is 24.3 Å². The topological polar surface area (TPSA) is 63.0 Å². The van der Waals surface area contributed by atoms with E-state index in [9.17, 15) is 0 Å². The van der Waals surface area contributed by atoms with Crippen LogP contribution in [0.25, 0.3) is 0 Å². The van der Waals surface area contributed by atoms with Gasteiger partial charge in [0.1, 0.15) is 5.69 Å². The number of nitrogens with one attached hydrogen (secondary N) is 1. The third-order valence-electron chi connectivity index (χ3n) is 2.25. The molecule has 0 atom stereocenters. The Balaban J connectivity index is 1.95. The van der Waals surface area contributed by atoms with Gasteiger partial charge in [-0.1, -0.05) is 28.9 Å². The molecule has 1 heterocycles. The van der Waals surface area contributed by atoms with Gasteiger partial charge in [-0.2, -0.15) is 0 Å². The van der Waals surface area contributed by atoms with Crippen LogP contribution in [0.3, 0.4) is 0 Å². The number of hydrogen-bond donors (Lipinski definition) is 2. The molecule has 17 heavy (non-hydrogen) atoms. The van der Waals surface area contributed by atoms with Crippen molar-refractivity contribution in [3.05, 3.63) is 41.2 Å². The summed E-state index contributed by atoms with van der Waals surface area (Å²) < 4.78 is 1.60. The van der Waals surface area contributed by atoms with Gasteiger partial charge in [-0.15, -0.1) is 5.10 Å². The molecule has 2 rings (SSSR count). The van der Waals surface area contributed by atoms with E-state index >= 15 is 0 Å². The Hall–Kier alpha value is -1.59. The number of aliphatic hydroxyl groups is 1. The van der Waals surface area contributed by atoms with Crippen molar-refractivity contribution in [3.8, 4) is 0 Å². The fourth-order valence-electron chi connectivity index (χ4n) is 1.42. The largest absolute Gasteiger partial charge is 0.394 e. The molecule has 0 radical (unpaired) electrons. The molecule has 0 aliphatic rings. The summed E-state index contributed by atoms with van der Waals surface area (Å²) in [4.78, 5) is 0. The average Bonchev–Trinajstić information content (AvgIpc) is 2.76. The second-order valence-corrected chi connectivity index (χ2v) is 3.94. The molecule has 0 fully saturated rings. The molecule has 6 heteroatoms. The van der Waals surface area contributed by atoms with Crippen LogP contribution in [0.15, 0.2) is 30.5 Å². The molecule has 5 nitrogen and oxygen atoms in total. The van der Waals surface area contributed by atoms with Crippen molar-refractivity contribution < 1.29 is 5.11 Å². The zero-order valence-electron chi connectivity index (χ0n) is 9.17. The lowest BCUT2D eigenvalue weighted by Crippen LogP contribution is -2.02. The third-order valence-corrected chi connectivity index (χ3v) is 2.58. The Morgan fingerprint density at radius 2 is 2.18 bits per heavy atom. The molecule has 1 aromatic heterocycles. The zero-order chi connectivity index (χ0) is 12.1. The van der Waals surface area contributed by atoms with Gasteiger partial charge in [0.05, 0.1) is 36.6 Å². The summed E-state index contributed by atoms with van der Waals surface area (Å²) in [6, 6.07) is 7.52. The van der Waals surface area contributed by atoms with Crippen molar-refractivity contribution in [2.45, 2.75) is 13.1 Å². The lowest BCUT2D eigenvalue weighted by Gasteiger charge is -2.05. The molecule has 0 unspecified atom stereocenters. The van der Waals surface area contributed by atoms with E-state index in [1.54, 1.807) is 10.9 Å². The SMILES string of the molecule is OCCn1cc(CNc2ccccc2Cl)nn1. The van der Waals surface area contributed by atoms with Gasteiger partial charge >= 0.3 is 0 Å². The second kappa shape index (κ2) is 5.65. The van der Waals surface area contributed by atoms with Crippen LogP contribution < -0.4 is 5.32 Å². The van der Waals surface area contributed by atoms with Crippen LogP contribution in [-0.2, 0) is 13.1 Å². The van der Waals surface area contributed by atoms with Gasteiger partial charge in [-0.05, 0) is 12.1 Å². The summed E-state index contributed by atoms with van der Waals surface area (Å²) in [5, 5.41) is 20.5. The summed E-state index contributed by atoms with van der Waals surface area (Å²) in [6.45, 7) is 1.06. The first-order valence-electron chi connectivity index (χ1n) is 5.28. The van der Waals surface area contributed by atoms with Crippen LogP contribution in [0.1, 0.15) is 5.69 Å². The summed E-state index contributed by atoms with van der Waals surface area (Å²) in [7, 11) is 0. The van der Waals surface area contributed by atoms with Crippen LogP contribution in [0.2, 0.25) is 5.02 Å².